The zero-order chi connectivity index (χ0) is 14.5. The normalized spacial score (nSPS) is 11.1. The fourth-order valence-corrected chi connectivity index (χ4v) is 1.85. The number of rotatable bonds is 7. The molecule has 0 aliphatic heterocycles. The van der Waals surface area contributed by atoms with Crippen LogP contribution in [0.4, 0.5) is 11.4 Å². The van der Waals surface area contributed by atoms with E-state index in [0.717, 1.165) is 6.26 Å². The van der Waals surface area contributed by atoms with Crippen LogP contribution in [0.5, 0.6) is 5.75 Å². The van der Waals surface area contributed by atoms with Crippen molar-refractivity contribution in [3.05, 3.63) is 28.3 Å². The lowest BCUT2D eigenvalue weighted by Gasteiger charge is -2.08. The molecule has 0 fully saturated rings. The Hall–Kier alpha value is -1.87. The van der Waals surface area contributed by atoms with Gasteiger partial charge in [0.25, 0.3) is 0 Å². The quantitative estimate of drug-likeness (QED) is 0.431. The van der Waals surface area contributed by atoms with Gasteiger partial charge in [-0.2, -0.15) is 0 Å². The van der Waals surface area contributed by atoms with Gasteiger partial charge in [0.2, 0.25) is 10.0 Å². The zero-order valence-electron chi connectivity index (χ0n) is 10.5. The summed E-state index contributed by atoms with van der Waals surface area (Å²) in [6.45, 7) is 0.576. The van der Waals surface area contributed by atoms with Gasteiger partial charge in [0.1, 0.15) is 0 Å². The average molecular weight is 289 g/mol. The van der Waals surface area contributed by atoms with E-state index in [1.54, 1.807) is 0 Å². The van der Waals surface area contributed by atoms with Gasteiger partial charge in [-0.25, -0.2) is 13.1 Å². The maximum atomic E-state index is 10.8. The van der Waals surface area contributed by atoms with Gasteiger partial charge in [0.05, 0.1) is 18.3 Å². The molecule has 1 aromatic rings. The van der Waals surface area contributed by atoms with Crippen molar-refractivity contribution in [2.24, 2.45) is 0 Å². The Morgan fingerprint density at radius 1 is 1.37 bits per heavy atom. The summed E-state index contributed by atoms with van der Waals surface area (Å²) < 4.78 is 28.9. The minimum atomic E-state index is -3.21. The summed E-state index contributed by atoms with van der Waals surface area (Å²) in [7, 11) is -1.87. The molecule has 2 N–H and O–H groups in total. The first-order valence-electron chi connectivity index (χ1n) is 5.34. The van der Waals surface area contributed by atoms with Crippen LogP contribution in [0.2, 0.25) is 0 Å². The van der Waals surface area contributed by atoms with Crippen molar-refractivity contribution < 1.29 is 18.1 Å². The lowest BCUT2D eigenvalue weighted by molar-refractivity contribution is -0.385. The molecule has 0 aromatic heterocycles. The highest BCUT2D eigenvalue weighted by Crippen LogP contribution is 2.29. The van der Waals surface area contributed by atoms with Crippen LogP contribution < -0.4 is 14.8 Å². The van der Waals surface area contributed by atoms with Gasteiger partial charge in [0.15, 0.2) is 5.75 Å². The number of anilines is 1. The third-order valence-electron chi connectivity index (χ3n) is 2.19. The second kappa shape index (κ2) is 6.34. The Morgan fingerprint density at radius 2 is 2.05 bits per heavy atom. The predicted molar refractivity (Wildman–Crippen MR) is 71.0 cm³/mol. The molecule has 0 aliphatic rings. The van der Waals surface area contributed by atoms with Gasteiger partial charge in [-0.1, -0.05) is 0 Å². The fraction of sp³-hybridized carbons (Fsp3) is 0.400. The van der Waals surface area contributed by atoms with Crippen LogP contribution in [0.1, 0.15) is 0 Å². The molecule has 0 heterocycles. The maximum absolute atomic E-state index is 10.8. The van der Waals surface area contributed by atoms with E-state index in [2.05, 4.69) is 10.0 Å². The molecule has 0 unspecified atom stereocenters. The van der Waals surface area contributed by atoms with E-state index in [1.807, 2.05) is 0 Å². The van der Waals surface area contributed by atoms with E-state index in [9.17, 15) is 18.5 Å². The van der Waals surface area contributed by atoms with Crippen molar-refractivity contribution >= 4 is 21.4 Å². The van der Waals surface area contributed by atoms with Crippen LogP contribution in [0.25, 0.3) is 0 Å². The van der Waals surface area contributed by atoms with Gasteiger partial charge in [-0.15, -0.1) is 0 Å². The van der Waals surface area contributed by atoms with Crippen molar-refractivity contribution in [2.75, 3.05) is 31.8 Å². The molecule has 0 bridgehead atoms. The summed E-state index contributed by atoms with van der Waals surface area (Å²) in [5, 5.41) is 13.6. The van der Waals surface area contributed by atoms with E-state index >= 15 is 0 Å². The molecular weight excluding hydrogens is 274 g/mol. The van der Waals surface area contributed by atoms with Crippen LogP contribution in [-0.2, 0) is 10.0 Å². The van der Waals surface area contributed by atoms with Gasteiger partial charge in [-0.05, 0) is 6.07 Å². The Balaban J connectivity index is 2.63. The summed E-state index contributed by atoms with van der Waals surface area (Å²) in [6.07, 6.45) is 1.07. The zero-order valence-corrected chi connectivity index (χ0v) is 11.4. The first-order chi connectivity index (χ1) is 8.83. The summed E-state index contributed by atoms with van der Waals surface area (Å²) >= 11 is 0. The lowest BCUT2D eigenvalue weighted by atomic mass is 10.2. The first-order valence-corrected chi connectivity index (χ1v) is 7.23. The second-order valence-corrected chi connectivity index (χ2v) is 5.57. The van der Waals surface area contributed by atoms with E-state index in [0.29, 0.717) is 12.2 Å². The maximum Gasteiger partial charge on any atom is 0.311 e. The Morgan fingerprint density at radius 3 is 2.58 bits per heavy atom. The molecule has 0 saturated heterocycles. The predicted octanol–water partition coefficient (Wildman–Crippen LogP) is 0.565. The average Bonchev–Trinajstić information content (AvgIpc) is 2.33. The summed E-state index contributed by atoms with van der Waals surface area (Å²) in [5.41, 5.74) is 0.486. The molecule has 0 amide bonds. The number of methoxy groups -OCH3 is 1. The molecule has 1 rings (SSSR count). The van der Waals surface area contributed by atoms with E-state index < -0.39 is 14.9 Å². The number of nitrogens with one attached hydrogen (secondary N) is 2. The summed E-state index contributed by atoms with van der Waals surface area (Å²) in [6, 6.07) is 4.34. The van der Waals surface area contributed by atoms with Crippen molar-refractivity contribution in [3.8, 4) is 5.75 Å². The van der Waals surface area contributed by atoms with Crippen LogP contribution >= 0.6 is 0 Å². The number of sulfonamides is 1. The standard InChI is InChI=1S/C10H15N3O5S/c1-18-10-7-8(3-4-9(10)13(14)15)11-5-6-12-19(2,16)17/h3-4,7,11-12H,5-6H2,1-2H3. The number of ether oxygens (including phenoxy) is 1. The molecule has 1 aromatic carbocycles. The smallest absolute Gasteiger partial charge is 0.311 e. The number of nitrogens with zero attached hydrogens (tertiary/aromatic N) is 1. The van der Waals surface area contributed by atoms with Crippen molar-refractivity contribution in [2.45, 2.75) is 0 Å². The molecule has 0 atom stereocenters. The summed E-state index contributed by atoms with van der Waals surface area (Å²) in [4.78, 5) is 10.2. The molecule has 106 valence electrons. The Labute approximate surface area is 111 Å². The lowest BCUT2D eigenvalue weighted by Crippen LogP contribution is -2.27. The van der Waals surface area contributed by atoms with Crippen LogP contribution in [0.15, 0.2) is 18.2 Å². The molecule has 0 spiro atoms. The van der Waals surface area contributed by atoms with Crippen molar-refractivity contribution in [1.82, 2.24) is 4.72 Å². The highest BCUT2D eigenvalue weighted by Gasteiger charge is 2.14. The molecule has 19 heavy (non-hydrogen) atoms. The topological polar surface area (TPSA) is 111 Å². The fourth-order valence-electron chi connectivity index (χ4n) is 1.38. The highest BCUT2D eigenvalue weighted by atomic mass is 32.2. The number of benzene rings is 1. The van der Waals surface area contributed by atoms with E-state index in [1.165, 1.54) is 25.3 Å². The van der Waals surface area contributed by atoms with E-state index in [-0.39, 0.29) is 18.0 Å². The largest absolute Gasteiger partial charge is 0.490 e. The highest BCUT2D eigenvalue weighted by molar-refractivity contribution is 7.88. The molecule has 8 nitrogen and oxygen atoms in total. The van der Waals surface area contributed by atoms with E-state index in [4.69, 9.17) is 4.74 Å². The molecule has 0 saturated carbocycles. The van der Waals surface area contributed by atoms with Gasteiger partial charge >= 0.3 is 5.69 Å². The number of nitro groups is 1. The molecule has 0 aliphatic carbocycles. The molecular formula is C10H15N3O5S. The summed E-state index contributed by atoms with van der Waals surface area (Å²) in [5.74, 6) is 0.145. The molecule has 0 radical (unpaired) electrons. The SMILES string of the molecule is COc1cc(NCCNS(C)(=O)=O)ccc1[N+](=O)[O-]. The van der Waals surface area contributed by atoms with Crippen molar-refractivity contribution in [3.63, 3.8) is 0 Å². The van der Waals surface area contributed by atoms with Gasteiger partial charge in [0, 0.05) is 30.9 Å². The number of hydrogen-bond donors (Lipinski definition) is 2. The van der Waals surface area contributed by atoms with Crippen LogP contribution in [0, 0.1) is 10.1 Å². The van der Waals surface area contributed by atoms with Crippen LogP contribution in [-0.4, -0.2) is 39.8 Å². The van der Waals surface area contributed by atoms with Crippen LogP contribution in [0.3, 0.4) is 0 Å². The minimum absolute atomic E-state index is 0.123. The second-order valence-electron chi connectivity index (χ2n) is 3.74. The van der Waals surface area contributed by atoms with Gasteiger partial charge < -0.3 is 10.1 Å². The minimum Gasteiger partial charge on any atom is -0.490 e. The monoisotopic (exact) mass is 289 g/mol. The number of hydrogen-bond acceptors (Lipinski definition) is 6. The number of nitro benzene ring substituents is 1. The molecule has 9 heteroatoms. The Bertz CT molecular complexity index is 558. The third kappa shape index (κ3) is 5.10. The Kier molecular flexibility index (Phi) is 5.07. The van der Waals surface area contributed by atoms with Crippen molar-refractivity contribution in [1.29, 1.82) is 0 Å². The van der Waals surface area contributed by atoms with Gasteiger partial charge in [-0.3, -0.25) is 10.1 Å². The third-order valence-corrected chi connectivity index (χ3v) is 2.92. The first kappa shape index (κ1) is 15.2.